The van der Waals surface area contributed by atoms with Crippen LogP contribution in [0.1, 0.15) is 0 Å². The van der Waals surface area contributed by atoms with Gasteiger partial charge in [0.05, 0.1) is 13.1 Å². The Morgan fingerprint density at radius 1 is 1.00 bits per heavy atom. The Morgan fingerprint density at radius 3 is 2.29 bits per heavy atom. The first-order valence-electron chi connectivity index (χ1n) is 4.91. The maximum Gasteiger partial charge on any atom is 0.384 e. The Kier molecular flexibility index (Phi) is 2.06. The maximum atomic E-state index is 5.87. The summed E-state index contributed by atoms with van der Waals surface area (Å²) < 4.78 is 14.1. The Balaban J connectivity index is 2.03. The summed E-state index contributed by atoms with van der Waals surface area (Å²) in [6, 6.07) is 10.3. The highest BCUT2D eigenvalue weighted by atomic mass is 31.2. The molecule has 1 aromatic carbocycles. The van der Waals surface area contributed by atoms with Gasteiger partial charge in [-0.1, -0.05) is 18.2 Å². The van der Waals surface area contributed by atoms with Gasteiger partial charge in [-0.2, -0.15) is 9.05 Å². The van der Waals surface area contributed by atoms with Gasteiger partial charge in [-0.25, -0.2) is 0 Å². The molecule has 74 valence electrons. The minimum Gasteiger partial charge on any atom is -0.181 e. The highest BCUT2D eigenvalue weighted by molar-refractivity contribution is 7.72. The first-order chi connectivity index (χ1) is 6.92. The van der Waals surface area contributed by atoms with E-state index in [4.69, 9.17) is 9.05 Å². The van der Waals surface area contributed by atoms with Gasteiger partial charge in [-0.05, 0) is 12.1 Å². The zero-order valence-corrected chi connectivity index (χ0v) is 8.82. The van der Waals surface area contributed by atoms with Crippen LogP contribution in [0, 0.1) is 0 Å². The van der Waals surface area contributed by atoms with Crippen LogP contribution in [0.5, 0.6) is 0 Å². The lowest BCUT2D eigenvalue weighted by Gasteiger charge is -2.16. The van der Waals surface area contributed by atoms with E-state index in [1.54, 1.807) is 0 Å². The van der Waals surface area contributed by atoms with Crippen LogP contribution in [0.25, 0.3) is 0 Å². The third-order valence-electron chi connectivity index (χ3n) is 2.69. The highest BCUT2D eigenvalue weighted by Crippen LogP contribution is 2.68. The van der Waals surface area contributed by atoms with Crippen molar-refractivity contribution in [2.45, 2.75) is 0 Å². The average molecular weight is 210 g/mol. The lowest BCUT2D eigenvalue weighted by atomic mass is 10.4. The van der Waals surface area contributed by atoms with E-state index in [2.05, 4.69) is 16.8 Å². The molecule has 3 rings (SSSR count). The number of hydrogen-bond donors (Lipinski definition) is 0. The van der Waals surface area contributed by atoms with Crippen molar-refractivity contribution in [2.24, 2.45) is 0 Å². The van der Waals surface area contributed by atoms with Crippen LogP contribution in [0.2, 0.25) is 0 Å². The molecule has 0 aromatic heterocycles. The van der Waals surface area contributed by atoms with Crippen molar-refractivity contribution in [1.29, 1.82) is 0 Å². The van der Waals surface area contributed by atoms with E-state index in [0.29, 0.717) is 0 Å². The van der Waals surface area contributed by atoms with Gasteiger partial charge < -0.3 is 0 Å². The van der Waals surface area contributed by atoms with E-state index in [1.807, 2.05) is 18.2 Å². The molecule has 0 atom stereocenters. The monoisotopic (exact) mass is 210 g/mol. The SMILES string of the molecule is c1ccc([P+]23OCCN2CCO3)cc1. The van der Waals surface area contributed by atoms with E-state index in [-0.39, 0.29) is 0 Å². The quantitative estimate of drug-likeness (QED) is 0.654. The molecular formula is C10H13NO2P+. The molecule has 4 heteroatoms. The van der Waals surface area contributed by atoms with Gasteiger partial charge in [-0.3, -0.25) is 0 Å². The summed E-state index contributed by atoms with van der Waals surface area (Å²) in [7, 11) is -1.83. The standard InChI is InChI=1S/C10H13NO2P/c1-2-4-10(5-3-1)14-11(6-8-12-14)7-9-13-14/h1-5H,6-9H2/q+1. The maximum absolute atomic E-state index is 5.87. The third kappa shape index (κ3) is 1.14. The van der Waals surface area contributed by atoms with Crippen LogP contribution in [0.4, 0.5) is 0 Å². The van der Waals surface area contributed by atoms with Gasteiger partial charge >= 0.3 is 7.87 Å². The van der Waals surface area contributed by atoms with Crippen LogP contribution < -0.4 is 5.30 Å². The molecule has 2 heterocycles. The molecule has 0 radical (unpaired) electrons. The van der Waals surface area contributed by atoms with Gasteiger partial charge in [0.1, 0.15) is 13.2 Å². The predicted molar refractivity (Wildman–Crippen MR) is 56.5 cm³/mol. The number of rotatable bonds is 1. The van der Waals surface area contributed by atoms with Crippen molar-refractivity contribution in [3.05, 3.63) is 30.3 Å². The van der Waals surface area contributed by atoms with Crippen molar-refractivity contribution in [3.63, 3.8) is 0 Å². The van der Waals surface area contributed by atoms with E-state index < -0.39 is 7.87 Å². The average Bonchev–Trinajstić information content (AvgIpc) is 2.77. The van der Waals surface area contributed by atoms with E-state index in [1.165, 1.54) is 5.30 Å². The zero-order chi connectivity index (χ0) is 9.43. The molecule has 0 N–H and O–H groups in total. The van der Waals surface area contributed by atoms with Crippen molar-refractivity contribution < 1.29 is 9.05 Å². The molecule has 0 spiro atoms. The normalized spacial score (nSPS) is 25.1. The zero-order valence-electron chi connectivity index (χ0n) is 7.93. The molecule has 0 aliphatic carbocycles. The van der Waals surface area contributed by atoms with Gasteiger partial charge in [0.2, 0.25) is 0 Å². The summed E-state index contributed by atoms with van der Waals surface area (Å²) in [5.74, 6) is 0. The van der Waals surface area contributed by atoms with Crippen molar-refractivity contribution >= 4 is 13.2 Å². The summed E-state index contributed by atoms with van der Waals surface area (Å²) >= 11 is 0. The van der Waals surface area contributed by atoms with Crippen LogP contribution in [0.15, 0.2) is 30.3 Å². The molecule has 1 aromatic rings. The number of fused-ring (bicyclic) bond motifs is 1. The second-order valence-electron chi connectivity index (χ2n) is 3.48. The molecule has 2 aliphatic rings. The lowest BCUT2D eigenvalue weighted by molar-refractivity contribution is 0.280. The predicted octanol–water partition coefficient (Wildman–Crippen LogP) is 1.44. The number of nitrogens with zero attached hydrogens (tertiary/aromatic N) is 1. The fraction of sp³-hybridized carbons (Fsp3) is 0.400. The van der Waals surface area contributed by atoms with E-state index in [0.717, 1.165) is 26.3 Å². The molecule has 3 nitrogen and oxygen atoms in total. The Hall–Kier alpha value is -0.470. The largest absolute Gasteiger partial charge is 0.384 e. The third-order valence-corrected chi connectivity index (χ3v) is 5.85. The van der Waals surface area contributed by atoms with Gasteiger partial charge in [0.15, 0.2) is 5.30 Å². The van der Waals surface area contributed by atoms with Crippen LogP contribution >= 0.6 is 7.87 Å². The van der Waals surface area contributed by atoms with Crippen LogP contribution in [-0.4, -0.2) is 31.0 Å². The summed E-state index contributed by atoms with van der Waals surface area (Å²) in [6.07, 6.45) is 0. The molecule has 14 heavy (non-hydrogen) atoms. The van der Waals surface area contributed by atoms with E-state index >= 15 is 0 Å². The summed E-state index contributed by atoms with van der Waals surface area (Å²) in [5, 5.41) is 1.22. The van der Waals surface area contributed by atoms with Crippen molar-refractivity contribution in [3.8, 4) is 0 Å². The molecule has 0 bridgehead atoms. The molecular weight excluding hydrogens is 197 g/mol. The fourth-order valence-corrected chi connectivity index (χ4v) is 4.97. The Bertz CT molecular complexity index is 320. The Morgan fingerprint density at radius 2 is 1.64 bits per heavy atom. The van der Waals surface area contributed by atoms with Gasteiger partial charge in [-0.15, -0.1) is 4.67 Å². The topological polar surface area (TPSA) is 21.7 Å². The Labute approximate surface area is 84.2 Å². The van der Waals surface area contributed by atoms with Crippen molar-refractivity contribution in [2.75, 3.05) is 26.3 Å². The number of benzene rings is 1. The van der Waals surface area contributed by atoms with Gasteiger partial charge in [0, 0.05) is 0 Å². The number of hydrogen-bond acceptors (Lipinski definition) is 3. The summed E-state index contributed by atoms with van der Waals surface area (Å²) in [4.78, 5) is 0. The first kappa shape index (κ1) is 8.81. The lowest BCUT2D eigenvalue weighted by Crippen LogP contribution is -2.21. The molecule has 0 amide bonds. The second kappa shape index (κ2) is 3.28. The summed E-state index contributed by atoms with van der Waals surface area (Å²) in [5.41, 5.74) is 0. The molecule has 2 saturated heterocycles. The fourth-order valence-electron chi connectivity index (χ4n) is 2.04. The van der Waals surface area contributed by atoms with Crippen LogP contribution in [-0.2, 0) is 9.05 Å². The first-order valence-corrected chi connectivity index (χ1v) is 6.49. The molecule has 2 aliphatic heterocycles. The molecule has 2 fully saturated rings. The smallest absolute Gasteiger partial charge is 0.181 e. The molecule has 0 saturated carbocycles. The van der Waals surface area contributed by atoms with Crippen molar-refractivity contribution in [1.82, 2.24) is 4.67 Å². The molecule has 0 unspecified atom stereocenters. The van der Waals surface area contributed by atoms with Gasteiger partial charge in [0.25, 0.3) is 0 Å². The highest BCUT2D eigenvalue weighted by Gasteiger charge is 2.59. The second-order valence-corrected chi connectivity index (χ2v) is 6.12. The van der Waals surface area contributed by atoms with Crippen LogP contribution in [0.3, 0.4) is 0 Å². The minimum absolute atomic E-state index is 0.808. The minimum atomic E-state index is -1.83. The summed E-state index contributed by atoms with van der Waals surface area (Å²) in [6.45, 7) is 3.65. The van der Waals surface area contributed by atoms with E-state index in [9.17, 15) is 0 Å².